The van der Waals surface area contributed by atoms with Crippen LogP contribution >= 0.6 is 0 Å². The van der Waals surface area contributed by atoms with E-state index in [2.05, 4.69) is 10.1 Å². The van der Waals surface area contributed by atoms with Crippen LogP contribution in [0.25, 0.3) is 0 Å². The Hall–Kier alpha value is -2.09. The van der Waals surface area contributed by atoms with E-state index in [4.69, 9.17) is 10.5 Å². The molecule has 0 aliphatic rings. The summed E-state index contributed by atoms with van der Waals surface area (Å²) in [7, 11) is 3.49. The van der Waals surface area contributed by atoms with E-state index in [1.54, 1.807) is 31.1 Å². The lowest BCUT2D eigenvalue weighted by Gasteiger charge is -2.12. The van der Waals surface area contributed by atoms with Gasteiger partial charge in [-0.25, -0.2) is 0 Å². The number of nitriles is 1. The molecule has 0 bridgehead atoms. The van der Waals surface area contributed by atoms with Crippen molar-refractivity contribution in [1.82, 2.24) is 9.88 Å². The number of oxime groups is 1. The molecule has 0 spiro atoms. The number of nitrogens with zero attached hydrogens (tertiary/aromatic N) is 4. The summed E-state index contributed by atoms with van der Waals surface area (Å²) < 4.78 is 0. The number of hydrogen-bond donors (Lipinski definition) is 1. The van der Waals surface area contributed by atoms with Crippen molar-refractivity contribution in [3.8, 4) is 6.07 Å². The smallest absolute Gasteiger partial charge is 0.193 e. The van der Waals surface area contributed by atoms with Crippen LogP contribution in [-0.2, 0) is 0 Å². The second-order valence-corrected chi connectivity index (χ2v) is 2.86. The standard InChI is InChI=1S/C9H10N4O/c1-13(2)9(12-14)8-4-3-7(5-10)6-11-8/h3-4,6,14H,1-2H3/b12-9-. The summed E-state index contributed by atoms with van der Waals surface area (Å²) in [5.41, 5.74) is 1.00. The van der Waals surface area contributed by atoms with Crippen molar-refractivity contribution in [2.75, 3.05) is 14.1 Å². The van der Waals surface area contributed by atoms with Crippen LogP contribution in [0.2, 0.25) is 0 Å². The highest BCUT2D eigenvalue weighted by atomic mass is 16.4. The Morgan fingerprint density at radius 3 is 2.64 bits per heavy atom. The van der Waals surface area contributed by atoms with E-state index in [0.29, 0.717) is 17.1 Å². The van der Waals surface area contributed by atoms with E-state index in [1.807, 2.05) is 6.07 Å². The van der Waals surface area contributed by atoms with Crippen molar-refractivity contribution >= 4 is 5.84 Å². The van der Waals surface area contributed by atoms with Crippen molar-refractivity contribution in [2.24, 2.45) is 5.16 Å². The van der Waals surface area contributed by atoms with E-state index in [9.17, 15) is 0 Å². The minimum Gasteiger partial charge on any atom is -0.409 e. The number of amidine groups is 1. The van der Waals surface area contributed by atoms with E-state index < -0.39 is 0 Å². The molecular formula is C9H10N4O. The summed E-state index contributed by atoms with van der Waals surface area (Å²) in [6.45, 7) is 0. The van der Waals surface area contributed by atoms with E-state index in [0.717, 1.165) is 0 Å². The van der Waals surface area contributed by atoms with Gasteiger partial charge in [-0.05, 0) is 12.1 Å². The topological polar surface area (TPSA) is 72.5 Å². The maximum Gasteiger partial charge on any atom is 0.193 e. The molecule has 0 aromatic carbocycles. The molecule has 1 aromatic rings. The van der Waals surface area contributed by atoms with Gasteiger partial charge in [0.05, 0.1) is 5.56 Å². The lowest BCUT2D eigenvalue weighted by molar-refractivity contribution is 0.310. The van der Waals surface area contributed by atoms with Crippen molar-refractivity contribution in [1.29, 1.82) is 5.26 Å². The Labute approximate surface area is 81.9 Å². The molecule has 0 atom stereocenters. The van der Waals surface area contributed by atoms with Gasteiger partial charge >= 0.3 is 0 Å². The second kappa shape index (κ2) is 4.23. The van der Waals surface area contributed by atoms with Gasteiger partial charge in [0.25, 0.3) is 0 Å². The van der Waals surface area contributed by atoms with Gasteiger partial charge in [-0.2, -0.15) is 5.26 Å². The molecule has 14 heavy (non-hydrogen) atoms. The van der Waals surface area contributed by atoms with Crippen LogP contribution in [-0.4, -0.2) is 35.0 Å². The predicted molar refractivity (Wildman–Crippen MR) is 51.0 cm³/mol. The van der Waals surface area contributed by atoms with Crippen LogP contribution in [0.15, 0.2) is 23.5 Å². The van der Waals surface area contributed by atoms with Crippen LogP contribution in [0.4, 0.5) is 0 Å². The zero-order valence-electron chi connectivity index (χ0n) is 7.97. The molecule has 1 heterocycles. The fraction of sp³-hybridized carbons (Fsp3) is 0.222. The largest absolute Gasteiger partial charge is 0.409 e. The van der Waals surface area contributed by atoms with Crippen molar-refractivity contribution in [3.05, 3.63) is 29.6 Å². The normalized spacial score (nSPS) is 10.8. The van der Waals surface area contributed by atoms with Crippen LogP contribution in [0.1, 0.15) is 11.3 Å². The number of rotatable bonds is 1. The average molecular weight is 190 g/mol. The van der Waals surface area contributed by atoms with Crippen LogP contribution in [0, 0.1) is 11.3 Å². The first-order valence-corrected chi connectivity index (χ1v) is 3.95. The van der Waals surface area contributed by atoms with Gasteiger partial charge in [0.1, 0.15) is 11.8 Å². The van der Waals surface area contributed by atoms with Crippen molar-refractivity contribution < 1.29 is 5.21 Å². The summed E-state index contributed by atoms with van der Waals surface area (Å²) in [5, 5.41) is 20.4. The quantitative estimate of drug-likeness (QED) is 0.305. The Kier molecular flexibility index (Phi) is 3.02. The van der Waals surface area contributed by atoms with Gasteiger partial charge in [-0.1, -0.05) is 5.16 Å². The molecule has 0 amide bonds. The Morgan fingerprint density at radius 2 is 2.29 bits per heavy atom. The van der Waals surface area contributed by atoms with Crippen molar-refractivity contribution in [3.63, 3.8) is 0 Å². The van der Waals surface area contributed by atoms with Gasteiger partial charge in [0.2, 0.25) is 0 Å². The molecule has 0 saturated heterocycles. The fourth-order valence-electron chi connectivity index (χ4n) is 0.962. The molecule has 1 N–H and O–H groups in total. The first-order chi connectivity index (χ1) is 6.69. The number of pyridine rings is 1. The average Bonchev–Trinajstić information content (AvgIpc) is 2.19. The molecule has 0 unspecified atom stereocenters. The van der Waals surface area contributed by atoms with Crippen molar-refractivity contribution in [2.45, 2.75) is 0 Å². The minimum atomic E-state index is 0.356. The summed E-state index contributed by atoms with van der Waals surface area (Å²) >= 11 is 0. The number of aromatic nitrogens is 1. The third kappa shape index (κ3) is 1.98. The lowest BCUT2D eigenvalue weighted by Crippen LogP contribution is -2.24. The van der Waals surface area contributed by atoms with Crippen LogP contribution in [0.3, 0.4) is 0 Å². The molecule has 0 radical (unpaired) electrons. The highest BCUT2D eigenvalue weighted by Crippen LogP contribution is 2.02. The molecule has 72 valence electrons. The molecule has 1 rings (SSSR count). The summed E-state index contributed by atoms with van der Waals surface area (Å²) in [6, 6.07) is 5.22. The highest BCUT2D eigenvalue weighted by Gasteiger charge is 2.07. The molecular weight excluding hydrogens is 180 g/mol. The minimum absolute atomic E-state index is 0.356. The molecule has 0 aliphatic heterocycles. The molecule has 0 saturated carbocycles. The fourth-order valence-corrected chi connectivity index (χ4v) is 0.962. The first-order valence-electron chi connectivity index (χ1n) is 3.95. The highest BCUT2D eigenvalue weighted by molar-refractivity contribution is 5.96. The Morgan fingerprint density at radius 1 is 1.57 bits per heavy atom. The molecule has 0 aliphatic carbocycles. The molecule has 0 fully saturated rings. The summed E-state index contributed by atoms with van der Waals surface area (Å²) in [4.78, 5) is 5.62. The van der Waals surface area contributed by atoms with Crippen LogP contribution < -0.4 is 0 Å². The van der Waals surface area contributed by atoms with E-state index in [1.165, 1.54) is 6.20 Å². The number of hydrogen-bond acceptors (Lipinski definition) is 4. The molecule has 1 aromatic heterocycles. The molecule has 5 nitrogen and oxygen atoms in total. The van der Waals surface area contributed by atoms with Gasteiger partial charge < -0.3 is 10.1 Å². The molecule has 5 heteroatoms. The third-order valence-electron chi connectivity index (χ3n) is 1.64. The predicted octanol–water partition coefficient (Wildman–Crippen LogP) is 0.651. The van der Waals surface area contributed by atoms with Gasteiger partial charge in [0.15, 0.2) is 5.84 Å². The van der Waals surface area contributed by atoms with Gasteiger partial charge in [0, 0.05) is 20.3 Å². The summed E-state index contributed by atoms with van der Waals surface area (Å²) in [5.74, 6) is 0.356. The van der Waals surface area contributed by atoms with Gasteiger partial charge in [-0.3, -0.25) is 4.98 Å². The Bertz CT molecular complexity index is 375. The van der Waals surface area contributed by atoms with E-state index in [-0.39, 0.29) is 0 Å². The monoisotopic (exact) mass is 190 g/mol. The second-order valence-electron chi connectivity index (χ2n) is 2.86. The zero-order chi connectivity index (χ0) is 10.6. The van der Waals surface area contributed by atoms with Gasteiger partial charge in [-0.15, -0.1) is 0 Å². The first kappa shape index (κ1) is 9.99. The maximum absolute atomic E-state index is 8.72. The SMILES string of the molecule is CN(C)/C(=N\O)c1ccc(C#N)cn1. The van der Waals surface area contributed by atoms with E-state index >= 15 is 0 Å². The zero-order valence-corrected chi connectivity index (χ0v) is 7.97. The lowest BCUT2D eigenvalue weighted by atomic mass is 10.2. The summed E-state index contributed by atoms with van der Waals surface area (Å²) in [6.07, 6.45) is 1.43. The third-order valence-corrected chi connectivity index (χ3v) is 1.64. The maximum atomic E-state index is 8.72. The Balaban J connectivity index is 3.03. The van der Waals surface area contributed by atoms with Crippen LogP contribution in [0.5, 0.6) is 0 Å².